The minimum atomic E-state index is -0.586. The number of hydrogen-bond acceptors (Lipinski definition) is 6. The molecule has 31 heavy (non-hydrogen) atoms. The molecule has 6 nitrogen and oxygen atoms in total. The van der Waals surface area contributed by atoms with E-state index in [0.29, 0.717) is 28.1 Å². The fraction of sp³-hybridized carbons (Fsp3) is 0.250. The lowest BCUT2D eigenvalue weighted by Gasteiger charge is -2.31. The van der Waals surface area contributed by atoms with Crippen LogP contribution in [0.2, 0.25) is 0 Å². The number of nitrogens with zero attached hydrogens (tertiary/aromatic N) is 3. The Labute approximate surface area is 180 Å². The van der Waals surface area contributed by atoms with Crippen LogP contribution >= 0.6 is 0 Å². The number of piperidine rings is 1. The predicted molar refractivity (Wildman–Crippen MR) is 117 cm³/mol. The molecule has 0 spiro atoms. The number of hydrogen-bond donors (Lipinski definition) is 2. The zero-order valence-corrected chi connectivity index (χ0v) is 17.2. The van der Waals surface area contributed by atoms with E-state index < -0.39 is 5.82 Å². The molecule has 1 saturated heterocycles. The van der Waals surface area contributed by atoms with Gasteiger partial charge in [0.2, 0.25) is 0 Å². The third kappa shape index (κ3) is 4.16. The molecule has 1 aliphatic rings. The van der Waals surface area contributed by atoms with Crippen molar-refractivity contribution in [1.29, 1.82) is 5.26 Å². The first-order valence-electron chi connectivity index (χ1n) is 10.1. The van der Waals surface area contributed by atoms with Crippen LogP contribution < -0.4 is 15.4 Å². The number of aromatic nitrogens is 1. The molecule has 7 heteroatoms. The van der Waals surface area contributed by atoms with Crippen molar-refractivity contribution in [2.75, 3.05) is 25.1 Å². The van der Waals surface area contributed by atoms with Gasteiger partial charge in [-0.1, -0.05) is 6.07 Å². The van der Waals surface area contributed by atoms with Crippen molar-refractivity contribution in [3.05, 3.63) is 59.9 Å². The first-order chi connectivity index (χ1) is 15.0. The van der Waals surface area contributed by atoms with Crippen molar-refractivity contribution < 1.29 is 14.2 Å². The smallest absolute Gasteiger partial charge is 0.160 e. The minimum Gasteiger partial charge on any atom is -0.504 e. The van der Waals surface area contributed by atoms with Gasteiger partial charge in [0.15, 0.2) is 11.5 Å². The van der Waals surface area contributed by atoms with Gasteiger partial charge in [-0.15, -0.1) is 0 Å². The molecular formula is C24H23FN4O2. The number of benzene rings is 2. The summed E-state index contributed by atoms with van der Waals surface area (Å²) >= 11 is 0. The maximum atomic E-state index is 14.3. The third-order valence-corrected chi connectivity index (χ3v) is 5.60. The van der Waals surface area contributed by atoms with Gasteiger partial charge in [-0.2, -0.15) is 5.26 Å². The van der Waals surface area contributed by atoms with E-state index in [1.165, 1.54) is 19.2 Å². The molecule has 1 aromatic heterocycles. The van der Waals surface area contributed by atoms with Gasteiger partial charge in [0, 0.05) is 30.3 Å². The van der Waals surface area contributed by atoms with Crippen LogP contribution in [0.1, 0.15) is 18.4 Å². The summed E-state index contributed by atoms with van der Waals surface area (Å²) in [5.74, 6) is 0.566. The Morgan fingerprint density at radius 3 is 2.52 bits per heavy atom. The maximum Gasteiger partial charge on any atom is 0.160 e. The molecule has 1 fully saturated rings. The highest BCUT2D eigenvalue weighted by atomic mass is 19.1. The van der Waals surface area contributed by atoms with Gasteiger partial charge in [0.25, 0.3) is 0 Å². The molecular weight excluding hydrogens is 395 g/mol. The van der Waals surface area contributed by atoms with E-state index >= 15 is 0 Å². The third-order valence-electron chi connectivity index (χ3n) is 5.60. The van der Waals surface area contributed by atoms with Crippen LogP contribution in [0.5, 0.6) is 11.5 Å². The zero-order chi connectivity index (χ0) is 22.0. The second-order valence-electron chi connectivity index (χ2n) is 7.58. The summed E-state index contributed by atoms with van der Waals surface area (Å²) in [6.07, 6.45) is 1.78. The van der Waals surface area contributed by atoms with Crippen LogP contribution in [-0.4, -0.2) is 36.3 Å². The van der Waals surface area contributed by atoms with E-state index in [9.17, 15) is 9.50 Å². The van der Waals surface area contributed by atoms with Crippen LogP contribution in [0.25, 0.3) is 22.4 Å². The molecule has 0 saturated carbocycles. The standard InChI is InChI=1S/C24H23FN4O2/c1-31-22-6-4-16(13-21(22)30)24-19(15-2-3-17(14-26)20(25)12-15)5-7-23(28-24)29-10-8-18(27)9-11-29/h2-7,12-13,18,30H,8-11,27H2,1H3. The van der Waals surface area contributed by atoms with Crippen LogP contribution in [0.3, 0.4) is 0 Å². The Balaban J connectivity index is 1.83. The molecule has 0 amide bonds. The fourth-order valence-electron chi connectivity index (χ4n) is 3.82. The van der Waals surface area contributed by atoms with Gasteiger partial charge >= 0.3 is 0 Å². The number of halogens is 1. The summed E-state index contributed by atoms with van der Waals surface area (Å²) in [6.45, 7) is 1.62. The van der Waals surface area contributed by atoms with Crippen molar-refractivity contribution in [3.63, 3.8) is 0 Å². The lowest BCUT2D eigenvalue weighted by molar-refractivity contribution is 0.373. The summed E-state index contributed by atoms with van der Waals surface area (Å²) in [5.41, 5.74) is 8.60. The highest BCUT2D eigenvalue weighted by Crippen LogP contribution is 2.37. The Hall–Kier alpha value is -3.63. The Morgan fingerprint density at radius 2 is 1.87 bits per heavy atom. The molecule has 0 atom stereocenters. The number of nitriles is 1. The molecule has 3 N–H and O–H groups in total. The van der Waals surface area contributed by atoms with Crippen molar-refractivity contribution in [2.24, 2.45) is 5.73 Å². The average Bonchev–Trinajstić information content (AvgIpc) is 2.79. The lowest BCUT2D eigenvalue weighted by atomic mass is 9.97. The van der Waals surface area contributed by atoms with Crippen molar-refractivity contribution in [2.45, 2.75) is 18.9 Å². The largest absolute Gasteiger partial charge is 0.504 e. The molecule has 2 aromatic carbocycles. The highest BCUT2D eigenvalue weighted by molar-refractivity contribution is 5.83. The van der Waals surface area contributed by atoms with E-state index in [2.05, 4.69) is 4.90 Å². The van der Waals surface area contributed by atoms with Crippen LogP contribution in [0.15, 0.2) is 48.5 Å². The number of ether oxygens (including phenoxy) is 1. The van der Waals surface area contributed by atoms with E-state index in [0.717, 1.165) is 31.7 Å². The maximum absolute atomic E-state index is 14.3. The van der Waals surface area contributed by atoms with Gasteiger partial charge in [-0.05, 0) is 60.9 Å². The Morgan fingerprint density at radius 1 is 1.13 bits per heavy atom. The second kappa shape index (κ2) is 8.62. The average molecular weight is 418 g/mol. The molecule has 1 aliphatic heterocycles. The number of pyridine rings is 1. The summed E-state index contributed by atoms with van der Waals surface area (Å²) in [7, 11) is 1.49. The summed E-state index contributed by atoms with van der Waals surface area (Å²) in [5, 5.41) is 19.3. The van der Waals surface area contributed by atoms with Crippen molar-refractivity contribution in [3.8, 4) is 40.0 Å². The first kappa shape index (κ1) is 20.6. The number of methoxy groups -OCH3 is 1. The lowest BCUT2D eigenvalue weighted by Crippen LogP contribution is -2.40. The van der Waals surface area contributed by atoms with Gasteiger partial charge in [0.1, 0.15) is 17.7 Å². The Kier molecular flexibility index (Phi) is 5.74. The normalized spacial score (nSPS) is 14.3. The number of rotatable bonds is 4. The van der Waals surface area contributed by atoms with Crippen molar-refractivity contribution in [1.82, 2.24) is 4.98 Å². The monoisotopic (exact) mass is 418 g/mol. The van der Waals surface area contributed by atoms with E-state index in [-0.39, 0.29) is 17.4 Å². The minimum absolute atomic E-state index is 0.00638. The van der Waals surface area contributed by atoms with Crippen LogP contribution in [0, 0.1) is 17.1 Å². The second-order valence-corrected chi connectivity index (χ2v) is 7.58. The summed E-state index contributed by atoms with van der Waals surface area (Å²) < 4.78 is 19.5. The van der Waals surface area contributed by atoms with E-state index in [1.54, 1.807) is 24.3 Å². The molecule has 3 aromatic rings. The molecule has 4 rings (SSSR count). The first-order valence-corrected chi connectivity index (χ1v) is 10.1. The topological polar surface area (TPSA) is 95.4 Å². The van der Waals surface area contributed by atoms with Crippen LogP contribution in [0.4, 0.5) is 10.2 Å². The molecule has 0 bridgehead atoms. The molecule has 0 radical (unpaired) electrons. The number of nitrogens with two attached hydrogens (primary N) is 1. The van der Waals surface area contributed by atoms with E-state index in [4.69, 9.17) is 20.7 Å². The molecule has 158 valence electrons. The number of aromatic hydroxyl groups is 1. The van der Waals surface area contributed by atoms with Gasteiger partial charge < -0.3 is 20.5 Å². The van der Waals surface area contributed by atoms with Gasteiger partial charge in [-0.3, -0.25) is 0 Å². The van der Waals surface area contributed by atoms with Gasteiger partial charge in [-0.25, -0.2) is 9.37 Å². The molecule has 0 aliphatic carbocycles. The number of anilines is 1. The van der Waals surface area contributed by atoms with Crippen molar-refractivity contribution >= 4 is 5.82 Å². The quantitative estimate of drug-likeness (QED) is 0.663. The highest BCUT2D eigenvalue weighted by Gasteiger charge is 2.20. The van der Waals surface area contributed by atoms with E-state index in [1.807, 2.05) is 18.2 Å². The number of phenolic OH excluding ortho intramolecular Hbond substituents is 1. The van der Waals surface area contributed by atoms with Gasteiger partial charge in [0.05, 0.1) is 18.4 Å². The summed E-state index contributed by atoms with van der Waals surface area (Å²) in [4.78, 5) is 7.06. The SMILES string of the molecule is COc1ccc(-c2nc(N3CCC(N)CC3)ccc2-c2ccc(C#N)c(F)c2)cc1O. The summed E-state index contributed by atoms with van der Waals surface area (Å²) in [6, 6.07) is 15.4. The molecule has 0 unspecified atom stereocenters. The fourth-order valence-corrected chi connectivity index (χ4v) is 3.82. The Bertz CT molecular complexity index is 1150. The zero-order valence-electron chi connectivity index (χ0n) is 17.2. The number of phenols is 1. The van der Waals surface area contributed by atoms with Crippen LogP contribution in [-0.2, 0) is 0 Å². The predicted octanol–water partition coefficient (Wildman–Crippen LogP) is 4.07. The molecule has 2 heterocycles.